The highest BCUT2D eigenvalue weighted by Crippen LogP contribution is 2.28. The summed E-state index contributed by atoms with van der Waals surface area (Å²) in [4.78, 5) is 81.4. The van der Waals surface area contributed by atoms with E-state index in [1.54, 1.807) is 0 Å². The van der Waals surface area contributed by atoms with Crippen molar-refractivity contribution in [3.8, 4) is 0 Å². The van der Waals surface area contributed by atoms with Gasteiger partial charge in [-0.15, -0.1) is 0 Å². The Labute approximate surface area is 355 Å². The summed E-state index contributed by atoms with van der Waals surface area (Å²) >= 11 is 0. The minimum Gasteiger partial charge on any atom is -0.446 e. The van der Waals surface area contributed by atoms with Gasteiger partial charge in [0.25, 0.3) is 0 Å². The molecule has 0 spiro atoms. The maximum absolute atomic E-state index is 14.3. The molecule has 0 amide bonds. The number of ether oxygens (including phenoxy) is 2. The Hall–Kier alpha value is -2.60. The van der Waals surface area contributed by atoms with E-state index in [1.807, 2.05) is 0 Å². The summed E-state index contributed by atoms with van der Waals surface area (Å²) in [7, 11) is 0. The van der Waals surface area contributed by atoms with Crippen molar-refractivity contribution in [1.82, 2.24) is 0 Å². The lowest BCUT2D eigenvalue weighted by molar-refractivity contribution is -0.180. The molecular weight excluding hydrogens is 729 g/mol. The van der Waals surface area contributed by atoms with Gasteiger partial charge in [0, 0.05) is 25.7 Å². The number of hydrogen-bond acceptors (Lipinski definition) is 8. The molecule has 0 bridgehead atoms. The van der Waals surface area contributed by atoms with Crippen LogP contribution in [0.4, 0.5) is 0 Å². The Balaban J connectivity index is 6.00. The van der Waals surface area contributed by atoms with Gasteiger partial charge in [0.15, 0.2) is 17.5 Å². The Morgan fingerprint density at radius 1 is 0.379 bits per heavy atom. The second-order valence-electron chi connectivity index (χ2n) is 16.9. The molecule has 0 saturated carbocycles. The number of carbonyl (C=O) groups is 5. The quantitative estimate of drug-likeness (QED) is 0.0149. The third kappa shape index (κ3) is 28.0. The molecule has 0 saturated heterocycles. The van der Waals surface area contributed by atoms with Gasteiger partial charge in [0.05, 0.1) is 0 Å². The average Bonchev–Trinajstić information content (AvgIpc) is 3.21. The van der Waals surface area contributed by atoms with Crippen LogP contribution in [0.25, 0.3) is 0 Å². The van der Waals surface area contributed by atoms with Gasteiger partial charge in [0.1, 0.15) is 0 Å². The molecule has 8 nitrogen and oxygen atoms in total. The molecular formula is C50H88O8. The standard InChI is InChI=1S/C50H88O8/c1-5-9-13-17-21-24-26-30-34-38-42-48(55)57-49(56)50(46(53)40-36-32-28-23-19-15-11-7-3,47(54)41-37-33-29-25-22-18-14-10-6-2)58-45(43-51)44(52)39-35-31-27-20-16-12-8-4/h5-42H2,1-4H3. The van der Waals surface area contributed by atoms with Crippen molar-refractivity contribution in [3.63, 3.8) is 0 Å². The first-order chi connectivity index (χ1) is 28.2. The zero-order valence-corrected chi connectivity index (χ0v) is 38.1. The number of ketones is 3. The predicted molar refractivity (Wildman–Crippen MR) is 237 cm³/mol. The van der Waals surface area contributed by atoms with Crippen LogP contribution in [-0.4, -0.2) is 40.8 Å². The number of Topliss-reactive ketones (excluding diaryl/α,β-unsaturated/α-hetero) is 3. The molecule has 0 heterocycles. The first-order valence-corrected chi connectivity index (χ1v) is 24.5. The minimum absolute atomic E-state index is 0.0418. The fourth-order valence-corrected chi connectivity index (χ4v) is 7.53. The molecule has 0 fully saturated rings. The third-order valence-electron chi connectivity index (χ3n) is 11.4. The molecule has 0 rings (SSSR count). The van der Waals surface area contributed by atoms with Crippen LogP contribution < -0.4 is 0 Å². The van der Waals surface area contributed by atoms with Crippen molar-refractivity contribution in [3.05, 3.63) is 5.76 Å². The summed E-state index contributed by atoms with van der Waals surface area (Å²) in [6.07, 6.45) is 33.5. The van der Waals surface area contributed by atoms with E-state index in [2.05, 4.69) is 27.7 Å². The number of rotatable bonds is 44. The Kier molecular flexibility index (Phi) is 38.1. The van der Waals surface area contributed by atoms with Gasteiger partial charge in [-0.2, -0.15) is 0 Å². The topological polar surface area (TPSA) is 121 Å². The molecule has 0 aliphatic heterocycles. The van der Waals surface area contributed by atoms with Gasteiger partial charge in [0.2, 0.25) is 11.5 Å². The van der Waals surface area contributed by atoms with E-state index in [4.69, 9.17) is 9.47 Å². The van der Waals surface area contributed by atoms with Gasteiger partial charge in [-0.3, -0.25) is 19.2 Å². The summed E-state index contributed by atoms with van der Waals surface area (Å²) in [6, 6.07) is 0. The Bertz CT molecular complexity index is 1120. The molecule has 0 aromatic heterocycles. The molecule has 0 aliphatic carbocycles. The summed E-state index contributed by atoms with van der Waals surface area (Å²) in [5.41, 5.74) is -2.91. The maximum Gasteiger partial charge on any atom is 0.374 e. The third-order valence-corrected chi connectivity index (χ3v) is 11.4. The molecule has 58 heavy (non-hydrogen) atoms. The van der Waals surface area contributed by atoms with E-state index in [1.165, 1.54) is 70.1 Å². The molecule has 0 N–H and O–H groups in total. The van der Waals surface area contributed by atoms with E-state index in [-0.39, 0.29) is 25.7 Å². The number of carbonyl (C=O) groups excluding carboxylic acids is 6. The van der Waals surface area contributed by atoms with Gasteiger partial charge >= 0.3 is 17.5 Å². The largest absolute Gasteiger partial charge is 0.446 e. The first kappa shape index (κ1) is 55.4. The Morgan fingerprint density at radius 3 is 0.966 bits per heavy atom. The van der Waals surface area contributed by atoms with Gasteiger partial charge < -0.3 is 9.47 Å². The van der Waals surface area contributed by atoms with Crippen LogP contribution in [0.1, 0.15) is 272 Å². The molecule has 0 aromatic carbocycles. The lowest BCUT2D eigenvalue weighted by Crippen LogP contribution is -2.57. The monoisotopic (exact) mass is 817 g/mol. The molecule has 8 heteroatoms. The molecule has 336 valence electrons. The molecule has 0 radical (unpaired) electrons. The van der Waals surface area contributed by atoms with Crippen molar-refractivity contribution >= 4 is 35.2 Å². The summed E-state index contributed by atoms with van der Waals surface area (Å²) < 4.78 is 11.1. The van der Waals surface area contributed by atoms with Gasteiger partial charge in [-0.1, -0.05) is 220 Å². The van der Waals surface area contributed by atoms with E-state index in [9.17, 15) is 28.8 Å². The average molecular weight is 817 g/mol. The number of esters is 2. The number of hydrogen-bond donors (Lipinski definition) is 0. The fourth-order valence-electron chi connectivity index (χ4n) is 7.53. The zero-order valence-electron chi connectivity index (χ0n) is 38.1. The van der Waals surface area contributed by atoms with Crippen molar-refractivity contribution in [2.45, 2.75) is 277 Å². The van der Waals surface area contributed by atoms with Crippen LogP contribution in [0.15, 0.2) is 5.76 Å². The van der Waals surface area contributed by atoms with Crippen LogP contribution in [0.2, 0.25) is 0 Å². The van der Waals surface area contributed by atoms with Crippen molar-refractivity contribution < 1.29 is 38.2 Å². The van der Waals surface area contributed by atoms with E-state index in [0.29, 0.717) is 38.5 Å². The van der Waals surface area contributed by atoms with E-state index in [0.717, 1.165) is 116 Å². The van der Waals surface area contributed by atoms with E-state index >= 15 is 0 Å². The minimum atomic E-state index is -2.91. The highest BCUT2D eigenvalue weighted by Gasteiger charge is 2.57. The van der Waals surface area contributed by atoms with Crippen LogP contribution >= 0.6 is 0 Å². The Morgan fingerprint density at radius 2 is 0.655 bits per heavy atom. The van der Waals surface area contributed by atoms with Crippen LogP contribution in [-0.2, 0) is 38.2 Å². The SMILES string of the molecule is CCCCCCCCCCCCC(=O)OC(=O)C(OC(=C=O)C(=O)CCCCCCCCC)(C(=O)CCCCCCCCCC)C(=O)CCCCCCCCCCC. The number of allylic oxidation sites excluding steroid dienone is 1. The summed E-state index contributed by atoms with van der Waals surface area (Å²) in [5.74, 6) is -4.07. The molecule has 0 aliphatic rings. The lowest BCUT2D eigenvalue weighted by Gasteiger charge is -2.29. The van der Waals surface area contributed by atoms with Crippen LogP contribution in [0, 0.1) is 0 Å². The predicted octanol–water partition coefficient (Wildman–Crippen LogP) is 14.1. The summed E-state index contributed by atoms with van der Waals surface area (Å²) in [6.45, 7) is 8.71. The lowest BCUT2D eigenvalue weighted by atomic mass is 9.86. The molecule has 1 unspecified atom stereocenters. The number of unbranched alkanes of at least 4 members (excludes halogenated alkanes) is 30. The first-order valence-electron chi connectivity index (χ1n) is 24.5. The van der Waals surface area contributed by atoms with E-state index < -0.39 is 40.6 Å². The van der Waals surface area contributed by atoms with Crippen LogP contribution in [0.3, 0.4) is 0 Å². The summed E-state index contributed by atoms with van der Waals surface area (Å²) in [5, 5.41) is 0. The second-order valence-corrected chi connectivity index (χ2v) is 16.9. The van der Waals surface area contributed by atoms with Gasteiger partial charge in [-0.25, -0.2) is 9.59 Å². The normalized spacial score (nSPS) is 12.1. The highest BCUT2D eigenvalue weighted by molar-refractivity contribution is 6.28. The second kappa shape index (κ2) is 39.8. The van der Waals surface area contributed by atoms with Gasteiger partial charge in [-0.05, 0) is 25.7 Å². The van der Waals surface area contributed by atoms with Crippen LogP contribution in [0.5, 0.6) is 0 Å². The maximum atomic E-state index is 14.3. The fraction of sp³-hybridized carbons (Fsp3) is 0.860. The molecule has 1 atom stereocenters. The molecule has 0 aromatic rings. The van der Waals surface area contributed by atoms with Crippen molar-refractivity contribution in [2.75, 3.05) is 0 Å². The smallest absolute Gasteiger partial charge is 0.374 e. The zero-order chi connectivity index (χ0) is 43.0. The van der Waals surface area contributed by atoms with Crippen molar-refractivity contribution in [2.24, 2.45) is 0 Å². The highest BCUT2D eigenvalue weighted by atomic mass is 16.6. The van der Waals surface area contributed by atoms with Crippen molar-refractivity contribution in [1.29, 1.82) is 0 Å².